The van der Waals surface area contributed by atoms with Crippen LogP contribution in [0.15, 0.2) is 149 Å². The van der Waals surface area contributed by atoms with E-state index in [9.17, 15) is 24.3 Å². The number of aliphatic hydroxyl groups excluding tert-OH is 1. The molecule has 2 amide bonds. The number of unbranched alkanes of at least 4 members (excludes halogenated alkanes) is 3. The first-order valence-corrected chi connectivity index (χ1v) is 24.6. The first-order valence-electron chi connectivity index (χ1n) is 22.6. The summed E-state index contributed by atoms with van der Waals surface area (Å²) in [5, 5.41) is 24.2. The molecule has 0 unspecified atom stereocenters. The number of fused-ring (bicyclic) bond motifs is 2. The zero-order chi connectivity index (χ0) is 46.9. The average molecular weight is 905 g/mol. The van der Waals surface area contributed by atoms with Gasteiger partial charge >= 0.3 is 6.09 Å². The molecule has 1 heterocycles. The Morgan fingerprint density at radius 3 is 1.97 bits per heavy atom. The number of Topliss-reactive ketones (excluding diaryl/α,β-unsaturated/α-hetero) is 1. The molecule has 65 heavy (non-hydrogen) atoms. The van der Waals surface area contributed by atoms with E-state index in [-0.39, 0.29) is 40.7 Å². The van der Waals surface area contributed by atoms with Gasteiger partial charge in [0.15, 0.2) is 6.10 Å². The summed E-state index contributed by atoms with van der Waals surface area (Å²) in [6.07, 6.45) is 9.27. The molecule has 0 aromatic heterocycles. The number of ether oxygens (including phenoxy) is 3. The summed E-state index contributed by atoms with van der Waals surface area (Å²) in [4.78, 5) is 54.0. The molecule has 3 aromatic rings. The summed E-state index contributed by atoms with van der Waals surface area (Å²) in [5.74, 6) is -2.04. The van der Waals surface area contributed by atoms with Gasteiger partial charge in [-0.1, -0.05) is 99.2 Å². The molecule has 2 bridgehead atoms. The van der Waals surface area contributed by atoms with Crippen molar-refractivity contribution >= 4 is 46.7 Å². The lowest BCUT2D eigenvalue weighted by Crippen LogP contribution is -2.38. The van der Waals surface area contributed by atoms with Crippen molar-refractivity contribution in [3.8, 4) is 0 Å². The number of hydrogen-bond donors (Lipinski definition) is 4. The van der Waals surface area contributed by atoms with Crippen molar-refractivity contribution in [3.63, 3.8) is 0 Å². The molecule has 0 saturated carbocycles. The van der Waals surface area contributed by atoms with Crippen LogP contribution in [0.3, 0.4) is 0 Å². The predicted octanol–water partition coefficient (Wildman–Crippen LogP) is 7.17. The van der Waals surface area contributed by atoms with Crippen LogP contribution in [-0.4, -0.2) is 87.1 Å². The minimum atomic E-state index is -1.94. The van der Waals surface area contributed by atoms with Crippen LogP contribution in [0.5, 0.6) is 0 Å². The Morgan fingerprint density at radius 2 is 1.42 bits per heavy atom. The molecule has 346 valence electrons. The van der Waals surface area contributed by atoms with Crippen LogP contribution in [-0.2, 0) is 28.6 Å². The Hall–Kier alpha value is -5.45. The van der Waals surface area contributed by atoms with Gasteiger partial charge in [-0.15, -0.1) is 0 Å². The molecule has 3 aromatic carbocycles. The number of amides is 2. The van der Waals surface area contributed by atoms with Gasteiger partial charge in [0, 0.05) is 51.0 Å². The third kappa shape index (κ3) is 13.1. The summed E-state index contributed by atoms with van der Waals surface area (Å²) in [5.41, 5.74) is 1.33. The Bertz CT molecular complexity index is 2140. The van der Waals surface area contributed by atoms with Gasteiger partial charge in [-0.3, -0.25) is 14.4 Å². The van der Waals surface area contributed by atoms with E-state index >= 15 is 0 Å². The third-order valence-corrected chi connectivity index (χ3v) is 16.8. The van der Waals surface area contributed by atoms with Crippen molar-refractivity contribution < 1.29 is 38.5 Å². The number of hydrogen-bond acceptors (Lipinski definition) is 9. The molecular weight excluding hydrogens is 838 g/mol. The molecule has 0 saturated heterocycles. The molecule has 11 nitrogen and oxygen atoms in total. The van der Waals surface area contributed by atoms with E-state index in [1.807, 2.05) is 19.9 Å². The lowest BCUT2D eigenvalue weighted by atomic mass is 9.85. The van der Waals surface area contributed by atoms with Gasteiger partial charge in [0.2, 0.25) is 11.6 Å². The van der Waals surface area contributed by atoms with Crippen molar-refractivity contribution in [2.45, 2.75) is 90.6 Å². The zero-order valence-electron chi connectivity index (χ0n) is 38.9. The van der Waals surface area contributed by atoms with E-state index in [1.54, 1.807) is 32.1 Å². The molecule has 6 atom stereocenters. The molecule has 5 rings (SSSR count). The topological polar surface area (TPSA) is 152 Å². The van der Waals surface area contributed by atoms with Gasteiger partial charge in [-0.05, 0) is 93.8 Å². The van der Waals surface area contributed by atoms with E-state index in [2.05, 4.69) is 107 Å². The van der Waals surface area contributed by atoms with Crippen LogP contribution in [0.1, 0.15) is 66.2 Å². The van der Waals surface area contributed by atoms with E-state index in [1.165, 1.54) is 43.3 Å². The van der Waals surface area contributed by atoms with E-state index in [0.717, 1.165) is 31.8 Å². The Balaban J connectivity index is 1.35. The highest BCUT2D eigenvalue weighted by Crippen LogP contribution is 2.56. The highest BCUT2D eigenvalue weighted by atomic mass is 31.2. The maximum atomic E-state index is 14.3. The Morgan fingerprint density at radius 1 is 0.831 bits per heavy atom. The summed E-state index contributed by atoms with van der Waals surface area (Å²) < 4.78 is 17.3. The Kier molecular flexibility index (Phi) is 19.2. The van der Waals surface area contributed by atoms with Crippen molar-refractivity contribution in [1.82, 2.24) is 16.0 Å². The third-order valence-electron chi connectivity index (χ3n) is 12.3. The van der Waals surface area contributed by atoms with Crippen molar-refractivity contribution in [1.29, 1.82) is 0 Å². The van der Waals surface area contributed by atoms with Gasteiger partial charge in [0.1, 0.15) is 29.3 Å². The minimum absolute atomic E-state index is 0.102. The Labute approximate surface area is 385 Å². The van der Waals surface area contributed by atoms with Crippen LogP contribution in [0.2, 0.25) is 0 Å². The van der Waals surface area contributed by atoms with Crippen molar-refractivity contribution in [2.24, 2.45) is 11.8 Å². The van der Waals surface area contributed by atoms with E-state index in [4.69, 9.17) is 14.2 Å². The number of aliphatic hydroxyl groups is 1. The molecular formula is C53H67N3O8P+. The number of benzene rings is 3. The molecule has 2 aliphatic rings. The van der Waals surface area contributed by atoms with Crippen LogP contribution in [0.25, 0.3) is 0 Å². The summed E-state index contributed by atoms with van der Waals surface area (Å²) in [7, 11) is 2.53. The van der Waals surface area contributed by atoms with Crippen LogP contribution in [0.4, 0.5) is 4.79 Å². The first-order chi connectivity index (χ1) is 31.3. The zero-order valence-corrected chi connectivity index (χ0v) is 39.8. The number of rotatable bonds is 14. The smallest absolute Gasteiger partial charge is 0.407 e. The second kappa shape index (κ2) is 24.7. The van der Waals surface area contributed by atoms with Gasteiger partial charge in [0.25, 0.3) is 5.91 Å². The SMILES string of the molecule is CNC(=O)O[C@H]1/C(C)=C/[C@H](C)[C@@H](O)[C@@H](OC)C[C@H](C)CC2=C(NCCCCCC[P+](c3ccccc3)(c3ccccc3)c3ccccc3)C(=O)C=C(NC(=O)/C(C)=C/C=C\[C@@H]1OC)C2=O. The quantitative estimate of drug-likeness (QED) is 0.0572. The van der Waals surface area contributed by atoms with Crippen LogP contribution >= 0.6 is 7.26 Å². The number of allylic oxidation sites excluding steroid dienone is 4. The molecule has 0 spiro atoms. The van der Waals surface area contributed by atoms with Crippen LogP contribution < -0.4 is 31.9 Å². The molecule has 1 aliphatic carbocycles. The number of ketones is 2. The van der Waals surface area contributed by atoms with E-state index < -0.39 is 55.4 Å². The molecule has 12 heteroatoms. The normalized spacial score (nSPS) is 24.7. The second-order valence-corrected chi connectivity index (χ2v) is 20.6. The summed E-state index contributed by atoms with van der Waals surface area (Å²) in [6.45, 7) is 7.68. The van der Waals surface area contributed by atoms with Gasteiger partial charge in [-0.2, -0.15) is 0 Å². The fraction of sp³-hybridized carbons (Fsp3) is 0.396. The van der Waals surface area contributed by atoms with E-state index in [0.29, 0.717) is 18.5 Å². The summed E-state index contributed by atoms with van der Waals surface area (Å²) in [6, 6.07) is 32.6. The summed E-state index contributed by atoms with van der Waals surface area (Å²) >= 11 is 0. The number of nitrogens with one attached hydrogen (secondary N) is 3. The predicted molar refractivity (Wildman–Crippen MR) is 261 cm³/mol. The number of carbonyl (C=O) groups is 4. The number of alkyl carbamates (subject to hydrolysis) is 1. The molecule has 4 N–H and O–H groups in total. The molecule has 0 radical (unpaired) electrons. The molecule has 0 fully saturated rings. The first kappa shape index (κ1) is 50.5. The van der Waals surface area contributed by atoms with Crippen molar-refractivity contribution in [2.75, 3.05) is 34.0 Å². The fourth-order valence-electron chi connectivity index (χ4n) is 8.75. The second-order valence-electron chi connectivity index (χ2n) is 17.0. The van der Waals surface area contributed by atoms with Gasteiger partial charge < -0.3 is 35.3 Å². The maximum Gasteiger partial charge on any atom is 0.407 e. The number of carbonyl (C=O) groups excluding carboxylic acids is 4. The average Bonchev–Trinajstić information content (AvgIpc) is 3.32. The largest absolute Gasteiger partial charge is 0.439 e. The lowest BCUT2D eigenvalue weighted by molar-refractivity contribution is -0.120. The molecule has 1 aliphatic heterocycles. The lowest BCUT2D eigenvalue weighted by Gasteiger charge is -2.30. The maximum absolute atomic E-state index is 14.3. The monoisotopic (exact) mass is 904 g/mol. The fourth-order valence-corrected chi connectivity index (χ4v) is 13.2. The van der Waals surface area contributed by atoms with Crippen LogP contribution in [0, 0.1) is 11.8 Å². The highest BCUT2D eigenvalue weighted by Gasteiger charge is 2.44. The van der Waals surface area contributed by atoms with Crippen molar-refractivity contribution in [3.05, 3.63) is 149 Å². The van der Waals surface area contributed by atoms with Gasteiger partial charge in [0.05, 0.1) is 29.8 Å². The standard InChI is InChI=1S/C53H66N3O8P/c1-36-32-43-48(55-30-19-8-9-20-31-65(40-23-13-10-14-24-40,41-25-15-11-16-26-41)42-27-17-12-18-28-42)45(57)35-44(50(43)59)56-52(60)37(2)22-21-29-46(62-6)51(64-53(61)54-5)39(4)34-38(3)49(58)47(33-36)63-7/h10-18,21-29,34-36,38,46-47,49,51,58H,8-9,19-20,30-33H2,1-7H3,(H2-,54,55,56,57,59,60,61)/p+1/b29-21-,37-22+,39-34+/t36-,38+,46+,47+,49-,51+/m1/s1. The highest BCUT2D eigenvalue weighted by molar-refractivity contribution is 7.95. The minimum Gasteiger partial charge on any atom is -0.439 e. The van der Waals surface area contributed by atoms with Gasteiger partial charge in [-0.25, -0.2) is 4.79 Å². The number of methoxy groups -OCH3 is 2.